The summed E-state index contributed by atoms with van der Waals surface area (Å²) in [6, 6.07) is 0. The summed E-state index contributed by atoms with van der Waals surface area (Å²) >= 11 is 0. The number of aromatic nitrogens is 3. The molecule has 2 aromatic heterocycles. The Morgan fingerprint density at radius 3 is 2.62 bits per heavy atom. The molecule has 11 nitrogen and oxygen atoms in total. The number of phosphoric acid groups is 1. The molecule has 0 atom stereocenters. The van der Waals surface area contributed by atoms with Crippen LogP contribution in [-0.2, 0) is 15.6 Å². The number of rotatable bonds is 9. The van der Waals surface area contributed by atoms with Gasteiger partial charge in [0.05, 0.1) is 37.1 Å². The Morgan fingerprint density at radius 1 is 1.29 bits per heavy atom. The van der Waals surface area contributed by atoms with E-state index in [0.717, 1.165) is 0 Å². The SMILES string of the molecule is O=c1[nH]cnc2c(CNCC(CO)(CO)COP(=O)(O)O)c[nH]c12. The van der Waals surface area contributed by atoms with Gasteiger partial charge in [0.2, 0.25) is 0 Å². The molecule has 2 rings (SSSR count). The monoisotopic (exact) mass is 362 g/mol. The molecule has 12 heteroatoms. The first-order valence-electron chi connectivity index (χ1n) is 6.96. The fourth-order valence-electron chi connectivity index (χ4n) is 2.13. The highest BCUT2D eigenvalue weighted by molar-refractivity contribution is 7.46. The van der Waals surface area contributed by atoms with Crippen LogP contribution in [0.1, 0.15) is 5.56 Å². The molecule has 0 aliphatic rings. The number of aromatic amines is 2. The molecule has 0 spiro atoms. The average molecular weight is 362 g/mol. The number of nitrogens with one attached hydrogen (secondary N) is 3. The van der Waals surface area contributed by atoms with Gasteiger partial charge in [-0.05, 0) is 0 Å². The zero-order valence-electron chi connectivity index (χ0n) is 12.6. The fourth-order valence-corrected chi connectivity index (χ4v) is 2.57. The molecule has 0 saturated carbocycles. The minimum absolute atomic E-state index is 0.0237. The van der Waals surface area contributed by atoms with Crippen molar-refractivity contribution in [3.8, 4) is 0 Å². The molecule has 0 saturated heterocycles. The van der Waals surface area contributed by atoms with Crippen LogP contribution in [0.15, 0.2) is 17.3 Å². The highest BCUT2D eigenvalue weighted by Gasteiger charge is 2.32. The third kappa shape index (κ3) is 4.48. The summed E-state index contributed by atoms with van der Waals surface area (Å²) in [5.74, 6) is 0. The largest absolute Gasteiger partial charge is 0.469 e. The second-order valence-corrected chi connectivity index (χ2v) is 6.69. The van der Waals surface area contributed by atoms with E-state index >= 15 is 0 Å². The van der Waals surface area contributed by atoms with E-state index in [0.29, 0.717) is 16.6 Å². The van der Waals surface area contributed by atoms with Crippen LogP contribution in [0.5, 0.6) is 0 Å². The minimum Gasteiger partial charge on any atom is -0.396 e. The first-order valence-corrected chi connectivity index (χ1v) is 8.49. The maximum atomic E-state index is 11.6. The molecule has 0 aromatic carbocycles. The van der Waals surface area contributed by atoms with Crippen molar-refractivity contribution < 1.29 is 29.1 Å². The maximum absolute atomic E-state index is 11.6. The van der Waals surface area contributed by atoms with Crippen molar-refractivity contribution in [3.05, 3.63) is 28.4 Å². The lowest BCUT2D eigenvalue weighted by Crippen LogP contribution is -2.43. The lowest BCUT2D eigenvalue weighted by molar-refractivity contribution is 0.00571. The molecule has 0 aliphatic carbocycles. The smallest absolute Gasteiger partial charge is 0.396 e. The molecule has 0 unspecified atom stereocenters. The van der Waals surface area contributed by atoms with Gasteiger partial charge >= 0.3 is 7.82 Å². The Morgan fingerprint density at radius 2 is 2.00 bits per heavy atom. The molecule has 24 heavy (non-hydrogen) atoms. The molecule has 0 amide bonds. The first kappa shape index (κ1) is 18.7. The van der Waals surface area contributed by atoms with Crippen molar-refractivity contribution in [2.75, 3.05) is 26.4 Å². The van der Waals surface area contributed by atoms with Crippen molar-refractivity contribution in [1.82, 2.24) is 20.3 Å². The summed E-state index contributed by atoms with van der Waals surface area (Å²) in [5.41, 5.74) is -0.0674. The molecule has 134 valence electrons. The fraction of sp³-hybridized carbons (Fsp3) is 0.500. The second kappa shape index (κ2) is 7.53. The van der Waals surface area contributed by atoms with E-state index in [4.69, 9.17) is 9.79 Å². The van der Waals surface area contributed by atoms with Crippen molar-refractivity contribution in [3.63, 3.8) is 0 Å². The van der Waals surface area contributed by atoms with Crippen LogP contribution in [0.25, 0.3) is 11.0 Å². The number of hydrogen-bond acceptors (Lipinski definition) is 7. The summed E-state index contributed by atoms with van der Waals surface area (Å²) in [7, 11) is -4.71. The molecule has 0 radical (unpaired) electrons. The van der Waals surface area contributed by atoms with E-state index in [1.165, 1.54) is 6.33 Å². The zero-order chi connectivity index (χ0) is 17.8. The van der Waals surface area contributed by atoms with Gasteiger partial charge in [0, 0.05) is 24.8 Å². The molecule has 0 aliphatic heterocycles. The topological polar surface area (TPSA) is 181 Å². The van der Waals surface area contributed by atoms with Gasteiger partial charge in [0.1, 0.15) is 5.52 Å². The van der Waals surface area contributed by atoms with Crippen LogP contribution in [0.4, 0.5) is 0 Å². The molecular formula is C12H19N4O7P. The predicted octanol–water partition coefficient (Wildman–Crippen LogP) is -1.58. The van der Waals surface area contributed by atoms with Gasteiger partial charge in [-0.2, -0.15) is 0 Å². The van der Waals surface area contributed by atoms with E-state index in [1.807, 2.05) is 0 Å². The lowest BCUT2D eigenvalue weighted by atomic mass is 9.91. The van der Waals surface area contributed by atoms with Gasteiger partial charge in [-0.3, -0.25) is 9.32 Å². The first-order chi connectivity index (χ1) is 11.3. The summed E-state index contributed by atoms with van der Waals surface area (Å²) < 4.78 is 15.2. The van der Waals surface area contributed by atoms with E-state index in [9.17, 15) is 19.6 Å². The molecule has 2 aromatic rings. The van der Waals surface area contributed by atoms with Gasteiger partial charge in [0.15, 0.2) is 0 Å². The van der Waals surface area contributed by atoms with E-state index in [2.05, 4.69) is 24.8 Å². The van der Waals surface area contributed by atoms with Crippen LogP contribution in [0, 0.1) is 5.41 Å². The van der Waals surface area contributed by atoms with Crippen molar-refractivity contribution in [1.29, 1.82) is 0 Å². The molecule has 0 bridgehead atoms. The number of phosphoric ester groups is 1. The Balaban J connectivity index is 2.03. The minimum atomic E-state index is -4.71. The average Bonchev–Trinajstić information content (AvgIpc) is 2.95. The van der Waals surface area contributed by atoms with Crippen molar-refractivity contribution in [2.45, 2.75) is 6.54 Å². The van der Waals surface area contributed by atoms with E-state index < -0.39 is 33.1 Å². The van der Waals surface area contributed by atoms with E-state index in [1.54, 1.807) is 6.20 Å². The third-order valence-corrected chi connectivity index (χ3v) is 4.04. The zero-order valence-corrected chi connectivity index (χ0v) is 13.5. The normalized spacial score (nSPS) is 12.8. The van der Waals surface area contributed by atoms with Crippen LogP contribution >= 0.6 is 7.82 Å². The lowest BCUT2D eigenvalue weighted by Gasteiger charge is -2.29. The highest BCUT2D eigenvalue weighted by Crippen LogP contribution is 2.38. The van der Waals surface area contributed by atoms with Gasteiger partial charge in [-0.15, -0.1) is 0 Å². The summed E-state index contributed by atoms with van der Waals surface area (Å²) in [5, 5.41) is 21.8. The predicted molar refractivity (Wildman–Crippen MR) is 83.0 cm³/mol. The molecule has 2 heterocycles. The van der Waals surface area contributed by atoms with E-state index in [-0.39, 0.29) is 18.6 Å². The Hall–Kier alpha value is -1.59. The quantitative estimate of drug-likeness (QED) is 0.259. The Labute approximate surface area is 136 Å². The van der Waals surface area contributed by atoms with Crippen molar-refractivity contribution in [2.24, 2.45) is 5.41 Å². The number of fused-ring (bicyclic) bond motifs is 1. The standard InChI is InChI=1S/C12H19N4O7P/c17-4-12(5-18,6-23-24(20,21)22)3-13-1-8-2-14-10-9(8)15-7-16-11(10)19/h2,7,13-14,17-18H,1,3-6H2,(H,15,16,19)(H2,20,21,22). The second-order valence-electron chi connectivity index (χ2n) is 5.45. The highest BCUT2D eigenvalue weighted by atomic mass is 31.2. The third-order valence-electron chi connectivity index (χ3n) is 3.57. The molecule has 7 N–H and O–H groups in total. The van der Waals surface area contributed by atoms with Crippen LogP contribution < -0.4 is 10.9 Å². The molecule has 0 fully saturated rings. The number of aliphatic hydroxyl groups excluding tert-OH is 2. The Kier molecular flexibility index (Phi) is 5.88. The number of H-pyrrole nitrogens is 2. The van der Waals surface area contributed by atoms with Crippen LogP contribution in [0.3, 0.4) is 0 Å². The van der Waals surface area contributed by atoms with Crippen LogP contribution in [0.2, 0.25) is 0 Å². The van der Waals surface area contributed by atoms with Gasteiger partial charge in [-0.1, -0.05) is 0 Å². The van der Waals surface area contributed by atoms with Crippen LogP contribution in [-0.4, -0.2) is 61.3 Å². The summed E-state index contributed by atoms with van der Waals surface area (Å²) in [6.45, 7) is -1.32. The maximum Gasteiger partial charge on any atom is 0.469 e. The van der Waals surface area contributed by atoms with Crippen molar-refractivity contribution >= 4 is 18.9 Å². The number of nitrogens with zero attached hydrogens (tertiary/aromatic N) is 1. The summed E-state index contributed by atoms with van der Waals surface area (Å²) in [6.07, 6.45) is 2.88. The number of aliphatic hydroxyl groups is 2. The Bertz CT molecular complexity index is 779. The van der Waals surface area contributed by atoms with Gasteiger partial charge in [-0.25, -0.2) is 9.55 Å². The summed E-state index contributed by atoms with van der Waals surface area (Å²) in [4.78, 5) is 38.4. The molecular weight excluding hydrogens is 343 g/mol. The number of hydrogen-bond donors (Lipinski definition) is 7. The van der Waals surface area contributed by atoms with Gasteiger partial charge in [0.25, 0.3) is 5.56 Å². The van der Waals surface area contributed by atoms with Gasteiger partial charge < -0.3 is 35.3 Å².